The number of likely N-dealkylation sites (N-methyl/N-ethyl adjacent to an activating group) is 1. The highest BCUT2D eigenvalue weighted by atomic mass is 35.5. The molecular weight excluding hydrogens is 376 g/mol. The van der Waals surface area contributed by atoms with E-state index in [9.17, 15) is 9.59 Å². The van der Waals surface area contributed by atoms with E-state index in [4.69, 9.17) is 11.6 Å². The molecule has 3 amide bonds. The predicted molar refractivity (Wildman–Crippen MR) is 110 cm³/mol. The molecule has 1 aromatic carbocycles. The number of carbonyl (C=O) groups excluding carboxylic acids is 2. The second-order valence-corrected chi connectivity index (χ2v) is 7.35. The Labute approximate surface area is 171 Å². The molecule has 3 rings (SSSR count). The molecular formula is C21H27ClN4O2. The van der Waals surface area contributed by atoms with Crippen LogP contribution < -0.4 is 5.32 Å². The van der Waals surface area contributed by atoms with Crippen molar-refractivity contribution in [2.24, 2.45) is 0 Å². The van der Waals surface area contributed by atoms with Crippen LogP contribution in [-0.4, -0.2) is 52.5 Å². The van der Waals surface area contributed by atoms with Crippen molar-refractivity contribution < 1.29 is 9.59 Å². The van der Waals surface area contributed by atoms with Gasteiger partial charge in [-0.15, -0.1) is 0 Å². The third-order valence-corrected chi connectivity index (χ3v) is 5.32. The molecule has 1 atom stereocenters. The Morgan fingerprint density at radius 2 is 1.93 bits per heavy atom. The Kier molecular flexibility index (Phi) is 6.62. The van der Waals surface area contributed by atoms with Crippen LogP contribution in [0.25, 0.3) is 0 Å². The summed E-state index contributed by atoms with van der Waals surface area (Å²) in [4.78, 5) is 28.9. The zero-order chi connectivity index (χ0) is 20.1. The highest BCUT2D eigenvalue weighted by molar-refractivity contribution is 6.30. The Hall–Kier alpha value is -2.47. The Morgan fingerprint density at radius 1 is 1.18 bits per heavy atom. The molecule has 1 unspecified atom stereocenters. The van der Waals surface area contributed by atoms with Crippen LogP contribution in [0.15, 0.2) is 42.6 Å². The Morgan fingerprint density at radius 3 is 2.61 bits per heavy atom. The quantitative estimate of drug-likeness (QED) is 0.803. The summed E-state index contributed by atoms with van der Waals surface area (Å²) in [5.41, 5.74) is 2.08. The summed E-state index contributed by atoms with van der Waals surface area (Å²) in [5.74, 6) is -0.0547. The van der Waals surface area contributed by atoms with E-state index in [1.54, 1.807) is 4.90 Å². The van der Waals surface area contributed by atoms with E-state index >= 15 is 0 Å². The number of nitrogens with one attached hydrogen (secondary N) is 1. The number of hydrogen-bond donors (Lipinski definition) is 1. The van der Waals surface area contributed by atoms with Gasteiger partial charge in [-0.3, -0.25) is 4.79 Å². The van der Waals surface area contributed by atoms with Crippen molar-refractivity contribution in [3.8, 4) is 0 Å². The minimum absolute atomic E-state index is 0.0547. The van der Waals surface area contributed by atoms with E-state index in [0.29, 0.717) is 24.7 Å². The van der Waals surface area contributed by atoms with Gasteiger partial charge in [0.15, 0.2) is 0 Å². The van der Waals surface area contributed by atoms with E-state index in [1.807, 2.05) is 61.3 Å². The topological polar surface area (TPSA) is 57.6 Å². The zero-order valence-corrected chi connectivity index (χ0v) is 17.2. The molecule has 2 aromatic rings. The second-order valence-electron chi connectivity index (χ2n) is 6.91. The van der Waals surface area contributed by atoms with Crippen LogP contribution in [-0.2, 0) is 11.3 Å². The largest absolute Gasteiger partial charge is 0.348 e. The highest BCUT2D eigenvalue weighted by Gasteiger charge is 2.33. The Bertz CT molecular complexity index is 818. The fraction of sp³-hybridized carbons (Fsp3) is 0.429. The molecule has 150 valence electrons. The van der Waals surface area contributed by atoms with E-state index in [2.05, 4.69) is 9.88 Å². The molecule has 28 heavy (non-hydrogen) atoms. The predicted octanol–water partition coefficient (Wildman–Crippen LogP) is 3.51. The van der Waals surface area contributed by atoms with E-state index in [1.165, 1.54) is 0 Å². The fourth-order valence-corrected chi connectivity index (χ4v) is 3.70. The maximum atomic E-state index is 13.2. The number of amides is 3. The number of nitrogens with zero attached hydrogens (tertiary/aromatic N) is 3. The number of carbonyl (C=O) groups is 2. The van der Waals surface area contributed by atoms with Gasteiger partial charge in [0.1, 0.15) is 6.54 Å². The zero-order valence-electron chi connectivity index (χ0n) is 16.4. The highest BCUT2D eigenvalue weighted by Crippen LogP contribution is 2.33. The van der Waals surface area contributed by atoms with Crippen molar-refractivity contribution in [1.29, 1.82) is 0 Å². The van der Waals surface area contributed by atoms with Gasteiger partial charge >= 0.3 is 6.03 Å². The maximum absolute atomic E-state index is 13.2. The molecule has 0 bridgehead atoms. The lowest BCUT2D eigenvalue weighted by Crippen LogP contribution is -2.49. The van der Waals surface area contributed by atoms with Gasteiger partial charge in [-0.1, -0.05) is 30.7 Å². The first-order valence-corrected chi connectivity index (χ1v) is 10.2. The van der Waals surface area contributed by atoms with Gasteiger partial charge in [-0.2, -0.15) is 0 Å². The number of aromatic nitrogens is 1. The minimum atomic E-state index is -0.193. The number of benzene rings is 1. The summed E-state index contributed by atoms with van der Waals surface area (Å²) in [6, 6.07) is 11.3. The van der Waals surface area contributed by atoms with Gasteiger partial charge in [0.2, 0.25) is 5.91 Å². The first-order valence-electron chi connectivity index (χ1n) is 9.77. The minimum Gasteiger partial charge on any atom is -0.348 e. The standard InChI is InChI=1S/C21H27ClN4O2/c1-3-11-23-21(28)24(4-2)15-19(27)26-14-13-25-12-5-6-18(25)20(26)16-7-9-17(22)10-8-16/h5-10,12,20H,3-4,11,13-15H2,1-2H3,(H,23,28). The summed E-state index contributed by atoms with van der Waals surface area (Å²) >= 11 is 6.06. The van der Waals surface area contributed by atoms with Crippen molar-refractivity contribution in [1.82, 2.24) is 19.7 Å². The molecule has 0 saturated carbocycles. The van der Waals surface area contributed by atoms with Gasteiger partial charge in [-0.05, 0) is 43.2 Å². The molecule has 1 aliphatic rings. The molecule has 2 heterocycles. The van der Waals surface area contributed by atoms with Crippen molar-refractivity contribution in [2.45, 2.75) is 32.9 Å². The van der Waals surface area contributed by atoms with Gasteiger partial charge in [0.25, 0.3) is 0 Å². The van der Waals surface area contributed by atoms with Gasteiger partial charge in [0, 0.05) is 43.1 Å². The van der Waals surface area contributed by atoms with Gasteiger partial charge in [0.05, 0.1) is 6.04 Å². The van der Waals surface area contributed by atoms with Crippen LogP contribution in [0, 0.1) is 0 Å². The average Bonchev–Trinajstić information content (AvgIpc) is 3.18. The third kappa shape index (κ3) is 4.33. The molecule has 6 nitrogen and oxygen atoms in total. The summed E-state index contributed by atoms with van der Waals surface area (Å²) < 4.78 is 2.18. The molecule has 1 aromatic heterocycles. The van der Waals surface area contributed by atoms with Gasteiger partial charge in [-0.25, -0.2) is 4.79 Å². The SMILES string of the molecule is CCCNC(=O)N(CC)CC(=O)N1CCn2cccc2C1c1ccc(Cl)cc1. The summed E-state index contributed by atoms with van der Waals surface area (Å²) in [5, 5.41) is 3.51. The van der Waals surface area contributed by atoms with Crippen LogP contribution in [0.1, 0.15) is 37.6 Å². The molecule has 0 fully saturated rings. The van der Waals surface area contributed by atoms with Crippen LogP contribution in [0.4, 0.5) is 4.79 Å². The Balaban J connectivity index is 1.83. The lowest BCUT2D eigenvalue weighted by Gasteiger charge is -2.38. The fourth-order valence-electron chi connectivity index (χ4n) is 3.57. The molecule has 7 heteroatoms. The number of urea groups is 1. The summed E-state index contributed by atoms with van der Waals surface area (Å²) in [7, 11) is 0. The smallest absolute Gasteiger partial charge is 0.317 e. The van der Waals surface area contributed by atoms with E-state index in [-0.39, 0.29) is 24.5 Å². The molecule has 0 saturated heterocycles. The van der Waals surface area contributed by atoms with Crippen molar-refractivity contribution in [3.63, 3.8) is 0 Å². The summed E-state index contributed by atoms with van der Waals surface area (Å²) in [6.45, 7) is 6.38. The number of fused-ring (bicyclic) bond motifs is 1. The maximum Gasteiger partial charge on any atom is 0.317 e. The molecule has 0 aliphatic carbocycles. The lowest BCUT2D eigenvalue weighted by molar-refractivity contribution is -0.134. The van der Waals surface area contributed by atoms with Crippen molar-refractivity contribution in [3.05, 3.63) is 58.9 Å². The first kappa shape index (κ1) is 20.3. The molecule has 0 radical (unpaired) electrons. The lowest BCUT2D eigenvalue weighted by atomic mass is 10.00. The summed E-state index contributed by atoms with van der Waals surface area (Å²) in [6.07, 6.45) is 2.90. The van der Waals surface area contributed by atoms with E-state index < -0.39 is 0 Å². The third-order valence-electron chi connectivity index (χ3n) is 5.07. The van der Waals surface area contributed by atoms with E-state index in [0.717, 1.165) is 24.2 Å². The van der Waals surface area contributed by atoms with Crippen molar-refractivity contribution >= 4 is 23.5 Å². The van der Waals surface area contributed by atoms with Crippen LogP contribution in [0.5, 0.6) is 0 Å². The molecule has 1 aliphatic heterocycles. The molecule has 0 spiro atoms. The van der Waals surface area contributed by atoms with Crippen LogP contribution in [0.3, 0.4) is 0 Å². The van der Waals surface area contributed by atoms with Gasteiger partial charge < -0.3 is 19.7 Å². The number of rotatable bonds is 6. The normalized spacial score (nSPS) is 15.8. The average molecular weight is 403 g/mol. The number of halogens is 1. The van der Waals surface area contributed by atoms with Crippen molar-refractivity contribution in [2.75, 3.05) is 26.2 Å². The van der Waals surface area contributed by atoms with Crippen LogP contribution >= 0.6 is 11.6 Å². The monoisotopic (exact) mass is 402 g/mol. The first-order chi connectivity index (χ1) is 13.5. The van der Waals surface area contributed by atoms with Crippen LogP contribution in [0.2, 0.25) is 5.02 Å². The molecule has 1 N–H and O–H groups in total. The number of hydrogen-bond acceptors (Lipinski definition) is 2. The second kappa shape index (κ2) is 9.15.